The monoisotopic (exact) mass is 722 g/mol. The summed E-state index contributed by atoms with van der Waals surface area (Å²) in [7, 11) is 0. The number of nitrogens with zero attached hydrogens (tertiary/aromatic N) is 4. The van der Waals surface area contributed by atoms with Gasteiger partial charge in [-0.05, 0) is 115 Å². The van der Waals surface area contributed by atoms with Crippen molar-refractivity contribution < 1.29 is 0 Å². The van der Waals surface area contributed by atoms with Gasteiger partial charge in [-0.2, -0.15) is 0 Å². The molecule has 6 aromatic rings. The van der Waals surface area contributed by atoms with Gasteiger partial charge in [0.15, 0.2) is 5.82 Å². The Morgan fingerprint density at radius 1 is 0.418 bits per heavy atom. The Morgan fingerprint density at radius 3 is 1.15 bits per heavy atom. The molecule has 278 valence electrons. The molecule has 8 rings (SSSR count). The predicted octanol–water partition coefficient (Wildman–Crippen LogP) is 11.4. The maximum absolute atomic E-state index is 4.80. The van der Waals surface area contributed by atoms with Gasteiger partial charge >= 0.3 is 0 Å². The molecule has 0 bridgehead atoms. The summed E-state index contributed by atoms with van der Waals surface area (Å²) < 4.78 is 0. The van der Waals surface area contributed by atoms with Crippen molar-refractivity contribution >= 4 is 57.2 Å². The van der Waals surface area contributed by atoms with Gasteiger partial charge in [0.25, 0.3) is 6.71 Å². The third-order valence-corrected chi connectivity index (χ3v) is 11.6. The summed E-state index contributed by atoms with van der Waals surface area (Å²) in [5.74, 6) is 0.715. The minimum absolute atomic E-state index is 0.0144. The van der Waals surface area contributed by atoms with E-state index in [-0.39, 0.29) is 28.4 Å². The number of hydrogen-bond acceptors (Lipinski definition) is 4. The maximum Gasteiger partial charge on any atom is 0.252 e. The predicted molar refractivity (Wildman–Crippen MR) is 236 cm³/mol. The molecule has 0 atom stereocenters. The smallest absolute Gasteiger partial charge is 0.252 e. The van der Waals surface area contributed by atoms with Crippen molar-refractivity contribution in [3.8, 4) is 11.4 Å². The van der Waals surface area contributed by atoms with Gasteiger partial charge in [-0.3, -0.25) is 0 Å². The molecule has 55 heavy (non-hydrogen) atoms. The third kappa shape index (κ3) is 6.46. The highest BCUT2D eigenvalue weighted by atomic mass is 15.2. The molecule has 0 amide bonds. The van der Waals surface area contributed by atoms with Crippen LogP contribution in [0.1, 0.15) is 105 Å². The normalized spacial score (nSPS) is 14.1. The molecule has 0 fully saturated rings. The zero-order valence-electron chi connectivity index (χ0n) is 34.8. The molecule has 0 unspecified atom stereocenters. The number of rotatable bonds is 3. The van der Waals surface area contributed by atoms with E-state index >= 15 is 0 Å². The van der Waals surface area contributed by atoms with Crippen LogP contribution in [0.25, 0.3) is 11.4 Å². The van der Waals surface area contributed by atoms with Crippen molar-refractivity contribution in [2.75, 3.05) is 9.80 Å². The Bertz CT molecular complexity index is 2250. The van der Waals surface area contributed by atoms with Crippen molar-refractivity contribution in [2.24, 2.45) is 0 Å². The van der Waals surface area contributed by atoms with E-state index in [1.165, 1.54) is 50.0 Å². The molecule has 0 radical (unpaired) electrons. The van der Waals surface area contributed by atoms with Crippen molar-refractivity contribution in [3.05, 3.63) is 138 Å². The van der Waals surface area contributed by atoms with Crippen molar-refractivity contribution in [1.82, 2.24) is 9.97 Å². The Hall–Kier alpha value is -5.16. The number of aromatic nitrogens is 2. The van der Waals surface area contributed by atoms with E-state index in [9.17, 15) is 0 Å². The number of benzene rings is 5. The SMILES string of the molecule is CC(C)(C)c1ccc(N2c3ccc(C(C)(C)C)cc3B3c4cc(C(C)(C)C)ccc4N(c4ccc(C(C)(C)C)cc4)c4cc(-c5ncccn5)cc2c43)cc1. The second-order valence-electron chi connectivity index (χ2n) is 19.7. The fraction of sp³-hybridized carbons (Fsp3) is 0.320. The lowest BCUT2D eigenvalue weighted by Crippen LogP contribution is -2.61. The summed E-state index contributed by atoms with van der Waals surface area (Å²) in [4.78, 5) is 14.6. The van der Waals surface area contributed by atoms with Crippen LogP contribution in [0.15, 0.2) is 116 Å². The van der Waals surface area contributed by atoms with Gasteiger partial charge in [-0.25, -0.2) is 9.97 Å². The first kappa shape index (κ1) is 36.8. The average molecular weight is 723 g/mol. The van der Waals surface area contributed by atoms with Gasteiger partial charge in [0.05, 0.1) is 0 Å². The first-order chi connectivity index (χ1) is 25.8. The van der Waals surface area contributed by atoms with E-state index in [1.807, 2.05) is 18.5 Å². The Labute approximate surface area is 329 Å². The van der Waals surface area contributed by atoms with E-state index in [0.29, 0.717) is 5.82 Å². The summed E-state index contributed by atoms with van der Waals surface area (Å²) in [5, 5.41) is 0. The molecule has 0 spiro atoms. The van der Waals surface area contributed by atoms with Gasteiger partial charge in [-0.15, -0.1) is 0 Å². The molecule has 5 heteroatoms. The zero-order valence-corrected chi connectivity index (χ0v) is 34.8. The summed E-state index contributed by atoms with van der Waals surface area (Å²) in [6, 6.07) is 39.4. The topological polar surface area (TPSA) is 32.3 Å². The van der Waals surface area contributed by atoms with Crippen LogP contribution in [0.3, 0.4) is 0 Å². The van der Waals surface area contributed by atoms with E-state index in [0.717, 1.165) is 28.3 Å². The van der Waals surface area contributed by atoms with Crippen molar-refractivity contribution in [1.29, 1.82) is 0 Å². The number of hydrogen-bond donors (Lipinski definition) is 0. The minimum Gasteiger partial charge on any atom is -0.311 e. The highest BCUT2D eigenvalue weighted by Crippen LogP contribution is 2.47. The van der Waals surface area contributed by atoms with Gasteiger partial charge in [0, 0.05) is 52.1 Å². The highest BCUT2D eigenvalue weighted by Gasteiger charge is 2.44. The second kappa shape index (κ2) is 12.7. The molecule has 2 aliphatic heterocycles. The molecule has 0 N–H and O–H groups in total. The van der Waals surface area contributed by atoms with Crippen molar-refractivity contribution in [2.45, 2.75) is 105 Å². The Balaban J connectivity index is 1.50. The molecule has 0 saturated carbocycles. The lowest BCUT2D eigenvalue weighted by Gasteiger charge is -2.45. The first-order valence-corrected chi connectivity index (χ1v) is 19.9. The van der Waals surface area contributed by atoms with Crippen LogP contribution in [0.2, 0.25) is 0 Å². The van der Waals surface area contributed by atoms with Gasteiger partial charge < -0.3 is 9.80 Å². The molecule has 1 aromatic heterocycles. The standard InChI is InChI=1S/C50H55BN4/c1-47(2,3)33-14-20-37(21-15-33)54-41-24-18-35(49(7,8)9)30-39(41)51-40-31-36(50(10,11)12)19-25-42(40)55(38-22-16-34(17-23-38)48(4,5)6)44-29-32(28-43(54)45(44)51)46-52-26-13-27-53-46/h13-31H,1-12H3. The minimum atomic E-state index is -0.0164. The highest BCUT2D eigenvalue weighted by molar-refractivity contribution is 7.00. The van der Waals surface area contributed by atoms with Crippen LogP contribution >= 0.6 is 0 Å². The van der Waals surface area contributed by atoms with Crippen LogP contribution in [-0.2, 0) is 21.7 Å². The summed E-state index contributed by atoms with van der Waals surface area (Å²) in [6.45, 7) is 27.6. The fourth-order valence-corrected chi connectivity index (χ4v) is 8.29. The van der Waals surface area contributed by atoms with Crippen LogP contribution in [0, 0.1) is 0 Å². The van der Waals surface area contributed by atoms with E-state index in [2.05, 4.69) is 190 Å². The van der Waals surface area contributed by atoms with Gasteiger partial charge in [-0.1, -0.05) is 132 Å². The third-order valence-electron chi connectivity index (χ3n) is 11.6. The van der Waals surface area contributed by atoms with Crippen LogP contribution in [-0.4, -0.2) is 16.7 Å². The van der Waals surface area contributed by atoms with E-state index < -0.39 is 0 Å². The van der Waals surface area contributed by atoms with E-state index in [1.54, 1.807) is 0 Å². The van der Waals surface area contributed by atoms with Crippen molar-refractivity contribution in [3.63, 3.8) is 0 Å². The molecule has 0 saturated heterocycles. The lowest BCUT2D eigenvalue weighted by atomic mass is 9.33. The summed E-state index contributed by atoms with van der Waals surface area (Å²) >= 11 is 0. The number of anilines is 6. The maximum atomic E-state index is 4.80. The molecule has 4 nitrogen and oxygen atoms in total. The zero-order chi connectivity index (χ0) is 39.2. The number of fused-ring (bicyclic) bond motifs is 4. The summed E-state index contributed by atoms with van der Waals surface area (Å²) in [6.07, 6.45) is 3.68. The quantitative estimate of drug-likeness (QED) is 0.170. The molecular weight excluding hydrogens is 667 g/mol. The Morgan fingerprint density at radius 2 is 0.782 bits per heavy atom. The molecule has 0 aliphatic carbocycles. The first-order valence-electron chi connectivity index (χ1n) is 19.9. The van der Waals surface area contributed by atoms with E-state index in [4.69, 9.17) is 9.97 Å². The summed E-state index contributed by atoms with van der Waals surface area (Å²) in [5.41, 5.74) is 17.3. The second-order valence-corrected chi connectivity index (χ2v) is 19.7. The molecule has 3 heterocycles. The molecule has 5 aromatic carbocycles. The average Bonchev–Trinajstić information content (AvgIpc) is 3.13. The largest absolute Gasteiger partial charge is 0.311 e. The van der Waals surface area contributed by atoms with Gasteiger partial charge in [0.2, 0.25) is 0 Å². The lowest BCUT2D eigenvalue weighted by molar-refractivity contribution is 0.590. The van der Waals surface area contributed by atoms with Crippen LogP contribution < -0.4 is 26.2 Å². The fourth-order valence-electron chi connectivity index (χ4n) is 8.29. The molecular formula is C50H55BN4. The van der Waals surface area contributed by atoms with Crippen LogP contribution in [0.5, 0.6) is 0 Å². The van der Waals surface area contributed by atoms with Crippen LogP contribution in [0.4, 0.5) is 34.1 Å². The Kier molecular flexibility index (Phi) is 8.50. The van der Waals surface area contributed by atoms with Gasteiger partial charge in [0.1, 0.15) is 0 Å². The molecule has 2 aliphatic rings.